The summed E-state index contributed by atoms with van der Waals surface area (Å²) in [6.45, 7) is 10.2. The molecule has 4 nitrogen and oxygen atoms in total. The number of hydrogen-bond acceptors (Lipinski definition) is 2. The molecule has 0 aliphatic heterocycles. The molecule has 0 saturated carbocycles. The van der Waals surface area contributed by atoms with Crippen LogP contribution < -0.4 is 0 Å². The number of hydrogen-bond donors (Lipinski definition) is 1. The van der Waals surface area contributed by atoms with Gasteiger partial charge >= 0.3 is 0 Å². The Hall–Kier alpha value is -0.160. The zero-order valence-electron chi connectivity index (χ0n) is 23.3. The van der Waals surface area contributed by atoms with Gasteiger partial charge in [-0.25, -0.2) is 4.90 Å². The number of aliphatic hydroxyl groups excluding tert-OH is 1. The normalized spacial score (nSPS) is 12.8. The van der Waals surface area contributed by atoms with Gasteiger partial charge < -0.3 is 14.1 Å². The lowest BCUT2D eigenvalue weighted by Gasteiger charge is -2.39. The zero-order valence-corrected chi connectivity index (χ0v) is 23.3. The van der Waals surface area contributed by atoms with Crippen LogP contribution >= 0.6 is 0 Å². The minimum absolute atomic E-state index is 0.259. The Labute approximate surface area is 203 Å². The van der Waals surface area contributed by atoms with Gasteiger partial charge in [-0.2, -0.15) is 0 Å². The molecule has 0 fully saturated rings. The first-order valence-corrected chi connectivity index (χ1v) is 14.2. The van der Waals surface area contributed by atoms with E-state index in [0.717, 1.165) is 28.8 Å². The molecule has 0 aliphatic carbocycles. The van der Waals surface area contributed by atoms with Crippen LogP contribution in [0, 0.1) is 0 Å². The van der Waals surface area contributed by atoms with E-state index in [1.165, 1.54) is 116 Å². The number of nitrogens with zero attached hydrogens (tertiary/aromatic N) is 3. The molecule has 0 saturated heterocycles. The van der Waals surface area contributed by atoms with Crippen molar-refractivity contribution in [3.8, 4) is 0 Å². The molecule has 32 heavy (non-hydrogen) atoms. The van der Waals surface area contributed by atoms with Crippen molar-refractivity contribution in [2.24, 2.45) is 0 Å². The summed E-state index contributed by atoms with van der Waals surface area (Å²) in [7, 11) is 9.46. The van der Waals surface area contributed by atoms with Crippen molar-refractivity contribution in [3.05, 3.63) is 0 Å². The Morgan fingerprint density at radius 2 is 0.812 bits per heavy atom. The molecule has 0 unspecified atom stereocenters. The topological polar surface area (TPSA) is 23.5 Å². The summed E-state index contributed by atoms with van der Waals surface area (Å²) in [6, 6.07) is 0. The lowest BCUT2D eigenvalue weighted by molar-refractivity contribution is -0.928. The molecule has 0 radical (unpaired) electrons. The second-order valence-electron chi connectivity index (χ2n) is 11.7. The van der Waals surface area contributed by atoms with Gasteiger partial charge in [-0.05, 0) is 25.7 Å². The van der Waals surface area contributed by atoms with E-state index in [2.05, 4.69) is 46.9 Å². The first kappa shape index (κ1) is 31.8. The fourth-order valence-electron chi connectivity index (χ4n) is 4.90. The van der Waals surface area contributed by atoms with E-state index in [-0.39, 0.29) is 6.61 Å². The highest BCUT2D eigenvalue weighted by Crippen LogP contribution is 2.13. The first-order chi connectivity index (χ1) is 15.3. The Morgan fingerprint density at radius 3 is 1.12 bits per heavy atom. The van der Waals surface area contributed by atoms with E-state index in [4.69, 9.17) is 0 Å². The van der Waals surface area contributed by atoms with Crippen LogP contribution in [0.5, 0.6) is 0 Å². The zero-order chi connectivity index (χ0) is 24.1. The molecule has 0 rings (SSSR count). The maximum Gasteiger partial charge on any atom is 0.139 e. The lowest BCUT2D eigenvalue weighted by Crippen LogP contribution is -2.56. The van der Waals surface area contributed by atoms with Gasteiger partial charge in [0.05, 0.1) is 47.9 Å². The highest BCUT2D eigenvalue weighted by molar-refractivity contribution is 4.51. The molecule has 0 bridgehead atoms. The average Bonchev–Trinajstić information content (AvgIpc) is 2.71. The van der Waals surface area contributed by atoms with Gasteiger partial charge in [0.25, 0.3) is 0 Å². The van der Waals surface area contributed by atoms with Crippen molar-refractivity contribution in [2.75, 3.05) is 67.8 Å². The van der Waals surface area contributed by atoms with Crippen molar-refractivity contribution in [1.82, 2.24) is 4.90 Å². The molecule has 0 heterocycles. The second kappa shape index (κ2) is 20.2. The highest BCUT2D eigenvalue weighted by Gasteiger charge is 2.25. The highest BCUT2D eigenvalue weighted by atomic mass is 16.3. The van der Waals surface area contributed by atoms with E-state index < -0.39 is 0 Å². The van der Waals surface area contributed by atoms with Crippen molar-refractivity contribution in [3.63, 3.8) is 0 Å². The maximum atomic E-state index is 9.64. The van der Waals surface area contributed by atoms with E-state index >= 15 is 0 Å². The fraction of sp³-hybridized carbons (Fsp3) is 1.00. The Balaban J connectivity index is 4.15. The molecule has 0 atom stereocenters. The minimum atomic E-state index is 0.259. The molecule has 194 valence electrons. The largest absolute Gasteiger partial charge is 0.395 e. The third kappa shape index (κ3) is 20.4. The summed E-state index contributed by atoms with van der Waals surface area (Å²) in [5.41, 5.74) is 0. The van der Waals surface area contributed by atoms with Crippen LogP contribution in [0.25, 0.3) is 0 Å². The Kier molecular flexibility index (Phi) is 20.1. The van der Waals surface area contributed by atoms with Gasteiger partial charge in [0.15, 0.2) is 0 Å². The summed E-state index contributed by atoms with van der Waals surface area (Å²) < 4.78 is 2.07. The van der Waals surface area contributed by atoms with Crippen LogP contribution in [0.4, 0.5) is 0 Å². The van der Waals surface area contributed by atoms with Crippen molar-refractivity contribution in [2.45, 2.75) is 117 Å². The predicted molar refractivity (Wildman–Crippen MR) is 143 cm³/mol. The van der Waals surface area contributed by atoms with Crippen LogP contribution in [0.2, 0.25) is 0 Å². The summed E-state index contributed by atoms with van der Waals surface area (Å²) >= 11 is 0. The van der Waals surface area contributed by atoms with E-state index in [9.17, 15) is 5.11 Å². The number of quaternary nitrogens is 2. The third-order valence-electron chi connectivity index (χ3n) is 6.82. The quantitative estimate of drug-likeness (QED) is 0.0998. The van der Waals surface area contributed by atoms with E-state index in [0.29, 0.717) is 0 Å². The van der Waals surface area contributed by atoms with Gasteiger partial charge in [-0.15, -0.1) is 0 Å². The molecular formula is C28H63N3O+2. The predicted octanol–water partition coefficient (Wildman–Crippen LogP) is 6.63. The molecule has 0 aromatic carbocycles. The average molecular weight is 458 g/mol. The molecule has 0 amide bonds. The van der Waals surface area contributed by atoms with E-state index in [1.54, 1.807) is 0 Å². The van der Waals surface area contributed by atoms with Gasteiger partial charge in [-0.1, -0.05) is 90.9 Å². The number of rotatable bonds is 24. The first-order valence-electron chi connectivity index (χ1n) is 14.2. The van der Waals surface area contributed by atoms with Gasteiger partial charge in [0.1, 0.15) is 13.3 Å². The van der Waals surface area contributed by atoms with Crippen LogP contribution in [0.1, 0.15) is 117 Å². The van der Waals surface area contributed by atoms with Gasteiger partial charge in [-0.3, -0.25) is 0 Å². The summed E-state index contributed by atoms with van der Waals surface area (Å²) in [5.74, 6) is 0. The molecule has 0 aromatic heterocycles. The second-order valence-corrected chi connectivity index (χ2v) is 11.7. The maximum absolute atomic E-state index is 9.64. The van der Waals surface area contributed by atoms with Crippen LogP contribution in [0.15, 0.2) is 0 Å². The molecule has 0 aliphatic rings. The van der Waals surface area contributed by atoms with Gasteiger partial charge in [0, 0.05) is 6.54 Å². The monoisotopic (exact) mass is 457 g/mol. The summed E-state index contributed by atoms with van der Waals surface area (Å²) in [4.78, 5) is 2.50. The van der Waals surface area contributed by atoms with Crippen molar-refractivity contribution >= 4 is 0 Å². The number of aliphatic hydroxyl groups is 1. The molecular weight excluding hydrogens is 394 g/mol. The van der Waals surface area contributed by atoms with Crippen LogP contribution in [-0.2, 0) is 0 Å². The summed E-state index contributed by atoms with van der Waals surface area (Å²) in [5, 5.41) is 9.64. The molecule has 4 heteroatoms. The molecule has 1 N–H and O–H groups in total. The third-order valence-corrected chi connectivity index (χ3v) is 6.82. The number of unbranched alkanes of at least 4 members (excludes halogenated alkanes) is 14. The smallest absolute Gasteiger partial charge is 0.139 e. The standard InChI is InChI=1S/C28H63N3O/c1-7-9-11-13-15-17-19-21-24-30(3,4)27-29(23-26-32)28-31(5,6)25-22-20-18-16-14-12-10-8-2/h32H,7-28H2,1-6H3/q+2. The van der Waals surface area contributed by atoms with Crippen molar-refractivity contribution in [1.29, 1.82) is 0 Å². The fourth-order valence-corrected chi connectivity index (χ4v) is 4.90. The van der Waals surface area contributed by atoms with Gasteiger partial charge in [0.2, 0.25) is 0 Å². The van der Waals surface area contributed by atoms with E-state index in [1.807, 2.05) is 0 Å². The lowest BCUT2D eigenvalue weighted by atomic mass is 10.1. The van der Waals surface area contributed by atoms with Crippen LogP contribution in [0.3, 0.4) is 0 Å². The Bertz CT molecular complexity index is 364. The summed E-state index contributed by atoms with van der Waals surface area (Å²) in [6.07, 6.45) is 22.2. The molecule has 0 aromatic rings. The minimum Gasteiger partial charge on any atom is -0.395 e. The molecule has 0 spiro atoms. The van der Waals surface area contributed by atoms with Crippen molar-refractivity contribution < 1.29 is 14.1 Å². The Morgan fingerprint density at radius 1 is 0.500 bits per heavy atom. The van der Waals surface area contributed by atoms with Crippen LogP contribution in [-0.4, -0.2) is 86.7 Å². The SMILES string of the molecule is CCCCCCCCCC[N+](C)(C)CN(CCO)C[N+](C)(C)CCCCCCCCCC.